The van der Waals surface area contributed by atoms with Crippen LogP contribution in [0.2, 0.25) is 0 Å². The van der Waals surface area contributed by atoms with Crippen molar-refractivity contribution in [3.63, 3.8) is 0 Å². The maximum atomic E-state index is 9.65. The molecule has 0 aromatic heterocycles. The van der Waals surface area contributed by atoms with Gasteiger partial charge in [-0.2, -0.15) is 0 Å². The molecule has 0 aromatic carbocycles. The van der Waals surface area contributed by atoms with Gasteiger partial charge in [0.1, 0.15) is 0 Å². The molecule has 0 atom stereocenters. The molecule has 0 aliphatic heterocycles. The van der Waals surface area contributed by atoms with E-state index in [2.05, 4.69) is 4.18 Å². The molecule has 0 aliphatic carbocycles. The van der Waals surface area contributed by atoms with Crippen molar-refractivity contribution >= 4 is 11.0 Å². The molecule has 0 fully saturated rings. The van der Waals surface area contributed by atoms with Crippen molar-refractivity contribution in [1.82, 2.24) is 0 Å². The summed E-state index contributed by atoms with van der Waals surface area (Å²) in [6.07, 6.45) is 1.76. The Labute approximate surface area is 99.7 Å². The summed E-state index contributed by atoms with van der Waals surface area (Å²) in [5.74, 6) is 0. The minimum atomic E-state index is -2.32. The van der Waals surface area contributed by atoms with E-state index in [9.17, 15) is 8.42 Å². The first-order chi connectivity index (χ1) is 3.77. The van der Waals surface area contributed by atoms with Crippen LogP contribution in [-0.4, -0.2) is 6.61 Å². The quantitative estimate of drug-likeness (QED) is 0.283. The molecule has 0 spiro atoms. The van der Waals surface area contributed by atoms with Crippen molar-refractivity contribution in [2.75, 3.05) is 6.61 Å². The second-order valence-corrected chi connectivity index (χ2v) is 2.02. The first-order valence-electron chi connectivity index (χ1n) is 2.50. The molecule has 0 amide bonds. The second kappa shape index (κ2) is 9.55. The van der Waals surface area contributed by atoms with E-state index >= 15 is 0 Å². The fraction of sp³-hybridized carbons (Fsp3) is 1.00. The molecule has 0 saturated carbocycles. The SMILES string of the molecule is CCCCO[S-](=O)=O.[K+]. The van der Waals surface area contributed by atoms with E-state index in [1.54, 1.807) is 0 Å². The van der Waals surface area contributed by atoms with Crippen LogP contribution in [0.4, 0.5) is 0 Å². The summed E-state index contributed by atoms with van der Waals surface area (Å²) < 4.78 is 23.5. The summed E-state index contributed by atoms with van der Waals surface area (Å²) in [5, 5.41) is 0. The maximum absolute atomic E-state index is 9.65. The van der Waals surface area contributed by atoms with Gasteiger partial charge in [-0.05, 0) is 6.42 Å². The predicted octanol–water partition coefficient (Wildman–Crippen LogP) is -1.97. The molecule has 0 aromatic rings. The normalized spacial score (nSPS) is 9.11. The Morgan fingerprint density at radius 3 is 2.33 bits per heavy atom. The molecule has 0 saturated heterocycles. The average Bonchev–Trinajstić information content (AvgIpc) is 1.66. The van der Waals surface area contributed by atoms with Crippen LogP contribution < -0.4 is 51.4 Å². The van der Waals surface area contributed by atoms with Crippen molar-refractivity contribution in [1.29, 1.82) is 0 Å². The van der Waals surface area contributed by atoms with E-state index < -0.39 is 11.0 Å². The van der Waals surface area contributed by atoms with Crippen LogP contribution in [0.15, 0.2) is 0 Å². The van der Waals surface area contributed by atoms with Crippen molar-refractivity contribution in [2.45, 2.75) is 19.8 Å². The summed E-state index contributed by atoms with van der Waals surface area (Å²) in [7, 11) is -2.32. The Morgan fingerprint density at radius 2 is 2.00 bits per heavy atom. The van der Waals surface area contributed by atoms with E-state index in [1.807, 2.05) is 6.92 Å². The van der Waals surface area contributed by atoms with Crippen LogP contribution in [0.3, 0.4) is 0 Å². The molecule has 50 valence electrons. The van der Waals surface area contributed by atoms with Gasteiger partial charge in [0.25, 0.3) is 0 Å². The Hall–Kier alpha value is 1.55. The summed E-state index contributed by atoms with van der Waals surface area (Å²) >= 11 is 0. The van der Waals surface area contributed by atoms with Gasteiger partial charge in [-0.15, -0.1) is 0 Å². The zero-order valence-corrected chi connectivity index (χ0v) is 9.69. The Balaban J connectivity index is 0. The van der Waals surface area contributed by atoms with Crippen LogP contribution in [0.1, 0.15) is 19.8 Å². The van der Waals surface area contributed by atoms with Gasteiger partial charge >= 0.3 is 51.4 Å². The minimum absolute atomic E-state index is 0. The fourth-order valence-corrected chi connectivity index (χ4v) is 0.525. The molecule has 0 N–H and O–H groups in total. The van der Waals surface area contributed by atoms with Gasteiger partial charge in [0.15, 0.2) is 0 Å². The van der Waals surface area contributed by atoms with Gasteiger partial charge in [0.05, 0.1) is 11.0 Å². The molecule has 0 radical (unpaired) electrons. The van der Waals surface area contributed by atoms with Gasteiger partial charge in [-0.1, -0.05) is 13.3 Å². The summed E-state index contributed by atoms with van der Waals surface area (Å²) in [4.78, 5) is 0. The monoisotopic (exact) mass is 176 g/mol. The third-order valence-electron chi connectivity index (χ3n) is 0.677. The molecule has 0 rings (SSSR count). The van der Waals surface area contributed by atoms with Gasteiger partial charge in [0.2, 0.25) is 0 Å². The average molecular weight is 176 g/mol. The van der Waals surface area contributed by atoms with Crippen LogP contribution in [0.25, 0.3) is 0 Å². The van der Waals surface area contributed by atoms with E-state index in [0.29, 0.717) is 6.61 Å². The Morgan fingerprint density at radius 1 is 1.44 bits per heavy atom. The zero-order chi connectivity index (χ0) is 6.41. The van der Waals surface area contributed by atoms with Crippen molar-refractivity contribution in [3.8, 4) is 0 Å². The molecule has 3 nitrogen and oxygen atoms in total. The fourth-order valence-electron chi connectivity index (χ4n) is 0.271. The summed E-state index contributed by atoms with van der Waals surface area (Å²) in [5.41, 5.74) is 0. The molecule has 0 aliphatic rings. The van der Waals surface area contributed by atoms with Crippen LogP contribution in [0.5, 0.6) is 0 Å². The Kier molecular flexibility index (Phi) is 14.0. The second-order valence-electron chi connectivity index (χ2n) is 1.38. The van der Waals surface area contributed by atoms with Gasteiger partial charge < -0.3 is 12.6 Å². The van der Waals surface area contributed by atoms with Crippen LogP contribution >= 0.6 is 0 Å². The largest absolute Gasteiger partial charge is 1.00 e. The summed E-state index contributed by atoms with van der Waals surface area (Å²) in [6, 6.07) is 0. The predicted molar refractivity (Wildman–Crippen MR) is 29.6 cm³/mol. The van der Waals surface area contributed by atoms with Crippen molar-refractivity contribution in [2.24, 2.45) is 0 Å². The van der Waals surface area contributed by atoms with E-state index in [-0.39, 0.29) is 51.4 Å². The third-order valence-corrected chi connectivity index (χ3v) is 1.04. The topological polar surface area (TPSA) is 43.4 Å². The van der Waals surface area contributed by atoms with Crippen molar-refractivity contribution < 1.29 is 64.0 Å². The summed E-state index contributed by atoms with van der Waals surface area (Å²) in [6.45, 7) is 2.28. The number of hydrogen-bond donors (Lipinski definition) is 0. The van der Waals surface area contributed by atoms with Gasteiger partial charge in [0, 0.05) is 6.61 Å². The first kappa shape index (κ1) is 13.2. The molecular formula is C4H9KO3S. The number of hydrogen-bond acceptors (Lipinski definition) is 4. The van der Waals surface area contributed by atoms with Crippen LogP contribution in [-0.2, 0) is 23.6 Å². The van der Waals surface area contributed by atoms with E-state index in [4.69, 9.17) is 0 Å². The number of rotatable bonds is 4. The van der Waals surface area contributed by atoms with Crippen molar-refractivity contribution in [3.05, 3.63) is 0 Å². The Bertz CT molecular complexity index is 104. The molecule has 5 heteroatoms. The molecule has 0 heterocycles. The van der Waals surface area contributed by atoms with Crippen LogP contribution in [0, 0.1) is 0 Å². The van der Waals surface area contributed by atoms with E-state index in [0.717, 1.165) is 12.8 Å². The third kappa shape index (κ3) is 12.7. The molecule has 0 unspecified atom stereocenters. The van der Waals surface area contributed by atoms with E-state index in [1.165, 1.54) is 0 Å². The molecule has 0 bridgehead atoms. The smallest absolute Gasteiger partial charge is 0.424 e. The molecular weight excluding hydrogens is 167 g/mol. The van der Waals surface area contributed by atoms with Gasteiger partial charge in [-0.25, -0.2) is 0 Å². The van der Waals surface area contributed by atoms with Gasteiger partial charge in [-0.3, -0.25) is 0 Å². The standard InChI is InChI=1S/C4H9O3S.K/c1-2-3-4-7-8(5)6;/h2-4H2,1H3;/q-1;+1. The molecule has 9 heavy (non-hydrogen) atoms. The minimum Gasteiger partial charge on any atom is -0.424 e. The first-order valence-corrected chi connectivity index (χ1v) is 3.50. The maximum Gasteiger partial charge on any atom is 1.00 e. The number of unbranched alkanes of at least 4 members (excludes halogenated alkanes) is 1. The zero-order valence-electron chi connectivity index (χ0n) is 5.75.